The molecule has 4 bridgehead atoms. The molecule has 6 heteroatoms. The number of carbonyl (C=O) groups is 2. The van der Waals surface area contributed by atoms with Crippen LogP contribution in [0.4, 0.5) is 0 Å². The Kier molecular flexibility index (Phi) is 5.94. The van der Waals surface area contributed by atoms with Crippen molar-refractivity contribution in [2.75, 3.05) is 20.8 Å². The van der Waals surface area contributed by atoms with Gasteiger partial charge >= 0.3 is 0 Å². The van der Waals surface area contributed by atoms with E-state index < -0.39 is 0 Å². The van der Waals surface area contributed by atoms with Gasteiger partial charge in [-0.15, -0.1) is 0 Å². The predicted octanol–water partition coefficient (Wildman–Crippen LogP) is 3.60. The highest BCUT2D eigenvalue weighted by atomic mass is 16.5. The Balaban J connectivity index is 1.28. The summed E-state index contributed by atoms with van der Waals surface area (Å²) in [4.78, 5) is 25.5. The summed E-state index contributed by atoms with van der Waals surface area (Å²) < 4.78 is 10.7. The fourth-order valence-corrected chi connectivity index (χ4v) is 6.44. The number of hydrogen-bond donors (Lipinski definition) is 2. The lowest BCUT2D eigenvalue weighted by molar-refractivity contribution is -0.146. The molecule has 0 unspecified atom stereocenters. The van der Waals surface area contributed by atoms with Crippen LogP contribution in [0.3, 0.4) is 0 Å². The summed E-state index contributed by atoms with van der Waals surface area (Å²) in [6, 6.07) is 5.32. The van der Waals surface area contributed by atoms with E-state index in [0.717, 1.165) is 48.3 Å². The quantitative estimate of drug-likeness (QED) is 0.681. The summed E-state index contributed by atoms with van der Waals surface area (Å²) in [5, 5.41) is 6.09. The second-order valence-electron chi connectivity index (χ2n) is 9.60. The Morgan fingerprint density at radius 2 is 1.70 bits per heavy atom. The molecule has 1 aromatic carbocycles. The van der Waals surface area contributed by atoms with Crippen LogP contribution >= 0.6 is 0 Å². The summed E-state index contributed by atoms with van der Waals surface area (Å²) in [7, 11) is 3.22. The summed E-state index contributed by atoms with van der Waals surface area (Å²) in [6.07, 6.45) is 7.37. The highest BCUT2D eigenvalue weighted by Gasteiger charge is 2.54. The SMILES string of the molecule is COc1ccc(OC)c([C@H](C)NC(=O)CCNC(=O)C23CC4CC(CC(C4)C2)C3)c1. The van der Waals surface area contributed by atoms with Gasteiger partial charge in [-0.2, -0.15) is 0 Å². The molecule has 30 heavy (non-hydrogen) atoms. The molecule has 4 aliphatic carbocycles. The zero-order valence-electron chi connectivity index (χ0n) is 18.3. The average Bonchev–Trinajstić information content (AvgIpc) is 2.72. The molecule has 4 aliphatic rings. The Bertz CT molecular complexity index is 771. The molecule has 2 N–H and O–H groups in total. The highest BCUT2D eigenvalue weighted by molar-refractivity contribution is 5.84. The Labute approximate surface area is 179 Å². The van der Waals surface area contributed by atoms with E-state index in [4.69, 9.17) is 9.47 Å². The molecule has 0 spiro atoms. The average molecular weight is 415 g/mol. The molecule has 164 valence electrons. The molecular formula is C24H34N2O4. The van der Waals surface area contributed by atoms with E-state index >= 15 is 0 Å². The topological polar surface area (TPSA) is 76.7 Å². The standard InChI is InChI=1S/C24H34N2O4/c1-15(20-11-19(29-2)4-5-21(20)30-3)26-22(27)6-7-25-23(28)24-12-16-8-17(13-24)10-18(9-16)14-24/h4-5,11,15-18H,6-10,12-14H2,1-3H3,(H,25,28)(H,26,27)/t15-,16?,17?,18?,24?/m0/s1. The van der Waals surface area contributed by atoms with Crippen molar-refractivity contribution >= 4 is 11.8 Å². The van der Waals surface area contributed by atoms with Gasteiger partial charge in [0.1, 0.15) is 11.5 Å². The van der Waals surface area contributed by atoms with Gasteiger partial charge in [0.05, 0.1) is 20.3 Å². The lowest BCUT2D eigenvalue weighted by Gasteiger charge is -2.55. The number of nitrogens with one attached hydrogen (secondary N) is 2. The van der Waals surface area contributed by atoms with Crippen LogP contribution in [0.15, 0.2) is 18.2 Å². The maximum Gasteiger partial charge on any atom is 0.226 e. The molecule has 4 fully saturated rings. The third-order valence-corrected chi connectivity index (χ3v) is 7.44. The maximum atomic E-state index is 13.0. The molecule has 6 nitrogen and oxygen atoms in total. The number of ether oxygens (including phenoxy) is 2. The largest absolute Gasteiger partial charge is 0.497 e. The number of methoxy groups -OCH3 is 2. The monoisotopic (exact) mass is 414 g/mol. The van der Waals surface area contributed by atoms with Gasteiger partial charge in [0, 0.05) is 23.9 Å². The molecule has 1 atom stereocenters. The van der Waals surface area contributed by atoms with Crippen LogP contribution in [-0.2, 0) is 9.59 Å². The van der Waals surface area contributed by atoms with Gasteiger partial charge in [0.25, 0.3) is 0 Å². The van der Waals surface area contributed by atoms with Crippen LogP contribution in [0.2, 0.25) is 0 Å². The zero-order valence-corrected chi connectivity index (χ0v) is 18.3. The van der Waals surface area contributed by atoms with Crippen LogP contribution in [0.25, 0.3) is 0 Å². The van der Waals surface area contributed by atoms with Gasteiger partial charge in [0.15, 0.2) is 0 Å². The minimum atomic E-state index is -0.221. The molecule has 0 aliphatic heterocycles. The Morgan fingerprint density at radius 3 is 2.27 bits per heavy atom. The van der Waals surface area contributed by atoms with Crippen LogP contribution < -0.4 is 20.1 Å². The van der Waals surface area contributed by atoms with Gasteiger partial charge < -0.3 is 20.1 Å². The van der Waals surface area contributed by atoms with E-state index in [1.165, 1.54) is 19.3 Å². The van der Waals surface area contributed by atoms with Crippen molar-refractivity contribution in [1.82, 2.24) is 10.6 Å². The molecule has 0 heterocycles. The first-order chi connectivity index (χ1) is 14.4. The third kappa shape index (κ3) is 4.14. The number of rotatable bonds is 8. The smallest absolute Gasteiger partial charge is 0.226 e. The van der Waals surface area contributed by atoms with Gasteiger partial charge in [0.2, 0.25) is 11.8 Å². The fraction of sp³-hybridized carbons (Fsp3) is 0.667. The van der Waals surface area contributed by atoms with Crippen molar-refractivity contribution in [2.45, 2.75) is 57.9 Å². The lowest BCUT2D eigenvalue weighted by Crippen LogP contribution is -2.53. The fourth-order valence-electron chi connectivity index (χ4n) is 6.44. The van der Waals surface area contributed by atoms with Gasteiger partial charge in [-0.1, -0.05) is 0 Å². The Hall–Kier alpha value is -2.24. The number of carbonyl (C=O) groups excluding carboxylic acids is 2. The van der Waals surface area contributed by atoms with Crippen molar-refractivity contribution in [3.8, 4) is 11.5 Å². The van der Waals surface area contributed by atoms with E-state index in [1.54, 1.807) is 14.2 Å². The minimum absolute atomic E-state index is 0.0850. The van der Waals surface area contributed by atoms with Gasteiger partial charge in [-0.3, -0.25) is 9.59 Å². The Morgan fingerprint density at radius 1 is 1.07 bits per heavy atom. The molecule has 0 saturated heterocycles. The first-order valence-electron chi connectivity index (χ1n) is 11.2. The second-order valence-corrected chi connectivity index (χ2v) is 9.60. The number of amides is 2. The van der Waals surface area contributed by atoms with Crippen molar-refractivity contribution < 1.29 is 19.1 Å². The van der Waals surface area contributed by atoms with Crippen molar-refractivity contribution in [2.24, 2.45) is 23.2 Å². The summed E-state index contributed by atoms with van der Waals surface area (Å²) in [6.45, 7) is 2.30. The number of hydrogen-bond acceptors (Lipinski definition) is 4. The van der Waals surface area contributed by atoms with Crippen LogP contribution in [0.1, 0.15) is 63.5 Å². The van der Waals surface area contributed by atoms with E-state index in [9.17, 15) is 9.59 Å². The third-order valence-electron chi connectivity index (χ3n) is 7.44. The van der Waals surface area contributed by atoms with E-state index in [2.05, 4.69) is 10.6 Å². The van der Waals surface area contributed by atoms with Crippen molar-refractivity contribution in [3.05, 3.63) is 23.8 Å². The van der Waals surface area contributed by atoms with E-state index in [0.29, 0.717) is 12.3 Å². The normalized spacial score (nSPS) is 29.9. The first kappa shape index (κ1) is 21.0. The van der Waals surface area contributed by atoms with Crippen molar-refractivity contribution in [1.29, 1.82) is 0 Å². The predicted molar refractivity (Wildman–Crippen MR) is 114 cm³/mol. The second kappa shape index (κ2) is 8.48. The highest BCUT2D eigenvalue weighted by Crippen LogP contribution is 2.60. The summed E-state index contributed by atoms with van der Waals surface area (Å²) in [5.41, 5.74) is 0.703. The van der Waals surface area contributed by atoms with Crippen LogP contribution in [0, 0.1) is 23.2 Å². The molecule has 5 rings (SSSR count). The van der Waals surface area contributed by atoms with Crippen molar-refractivity contribution in [3.63, 3.8) is 0 Å². The first-order valence-corrected chi connectivity index (χ1v) is 11.2. The zero-order chi connectivity index (χ0) is 21.3. The molecular weight excluding hydrogens is 380 g/mol. The van der Waals surface area contributed by atoms with Crippen LogP contribution in [-0.4, -0.2) is 32.6 Å². The lowest BCUT2D eigenvalue weighted by atomic mass is 9.49. The number of benzene rings is 1. The minimum Gasteiger partial charge on any atom is -0.497 e. The van der Waals surface area contributed by atoms with Crippen LogP contribution in [0.5, 0.6) is 11.5 Å². The molecule has 0 radical (unpaired) electrons. The maximum absolute atomic E-state index is 13.0. The molecule has 4 saturated carbocycles. The summed E-state index contributed by atoms with van der Waals surface area (Å²) >= 11 is 0. The summed E-state index contributed by atoms with van der Waals surface area (Å²) in [5.74, 6) is 3.74. The van der Waals surface area contributed by atoms with E-state index in [-0.39, 0.29) is 29.7 Å². The molecule has 1 aromatic rings. The van der Waals surface area contributed by atoms with Gasteiger partial charge in [-0.05, 0) is 81.4 Å². The van der Waals surface area contributed by atoms with Gasteiger partial charge in [-0.25, -0.2) is 0 Å². The molecule has 0 aromatic heterocycles. The molecule has 2 amide bonds. The van der Waals surface area contributed by atoms with E-state index in [1.807, 2.05) is 25.1 Å².